The zero-order valence-electron chi connectivity index (χ0n) is 8.30. The summed E-state index contributed by atoms with van der Waals surface area (Å²) in [4.78, 5) is 2.20. The maximum atomic E-state index is 3.35. The normalized spacial score (nSPS) is 15.0. The number of hydrogen-bond donors (Lipinski definition) is 1. The zero-order chi connectivity index (χ0) is 9.26. The SMILES string of the molecule is CN(C)Cc1ccc2c(c1)CNC2. The Balaban J connectivity index is 2.21. The summed E-state index contributed by atoms with van der Waals surface area (Å²) in [7, 11) is 4.21. The highest BCUT2D eigenvalue weighted by atomic mass is 15.0. The molecule has 0 spiro atoms. The Morgan fingerprint density at radius 1 is 1.23 bits per heavy atom. The van der Waals surface area contributed by atoms with Gasteiger partial charge in [-0.3, -0.25) is 0 Å². The van der Waals surface area contributed by atoms with Crippen molar-refractivity contribution in [2.75, 3.05) is 14.1 Å². The third-order valence-electron chi connectivity index (χ3n) is 2.40. The predicted molar refractivity (Wildman–Crippen MR) is 54.4 cm³/mol. The Labute approximate surface area is 79.6 Å². The molecule has 0 aliphatic carbocycles. The molecule has 1 heterocycles. The van der Waals surface area contributed by atoms with Gasteiger partial charge in [0.1, 0.15) is 0 Å². The summed E-state index contributed by atoms with van der Waals surface area (Å²) in [6, 6.07) is 6.79. The second-order valence-corrected chi connectivity index (χ2v) is 3.94. The van der Waals surface area contributed by atoms with Crippen LogP contribution in [0.3, 0.4) is 0 Å². The lowest BCUT2D eigenvalue weighted by Gasteiger charge is -2.10. The van der Waals surface area contributed by atoms with Gasteiger partial charge in [0.15, 0.2) is 0 Å². The third kappa shape index (κ3) is 1.90. The van der Waals surface area contributed by atoms with Crippen molar-refractivity contribution in [1.82, 2.24) is 10.2 Å². The predicted octanol–water partition coefficient (Wildman–Crippen LogP) is 1.35. The minimum absolute atomic E-state index is 1.03. The van der Waals surface area contributed by atoms with Crippen LogP contribution >= 0.6 is 0 Å². The van der Waals surface area contributed by atoms with Crippen molar-refractivity contribution >= 4 is 0 Å². The molecule has 1 N–H and O–H groups in total. The molecule has 1 aliphatic rings. The van der Waals surface area contributed by atoms with E-state index in [2.05, 4.69) is 42.5 Å². The van der Waals surface area contributed by atoms with Crippen molar-refractivity contribution in [2.24, 2.45) is 0 Å². The first-order chi connectivity index (χ1) is 6.25. The highest BCUT2D eigenvalue weighted by Crippen LogP contribution is 2.17. The Bertz CT molecular complexity index is 305. The van der Waals surface area contributed by atoms with Crippen molar-refractivity contribution in [2.45, 2.75) is 19.6 Å². The Morgan fingerprint density at radius 2 is 2.00 bits per heavy atom. The van der Waals surface area contributed by atoms with Gasteiger partial charge >= 0.3 is 0 Å². The molecule has 1 aliphatic heterocycles. The summed E-state index contributed by atoms with van der Waals surface area (Å²) in [5.41, 5.74) is 4.34. The van der Waals surface area contributed by atoms with Gasteiger partial charge in [0.2, 0.25) is 0 Å². The molecule has 0 fully saturated rings. The minimum atomic E-state index is 1.03. The molecule has 1 aromatic carbocycles. The molecule has 0 saturated heterocycles. The fraction of sp³-hybridized carbons (Fsp3) is 0.455. The van der Waals surface area contributed by atoms with E-state index >= 15 is 0 Å². The molecular formula is C11H16N2. The minimum Gasteiger partial charge on any atom is -0.309 e. The molecule has 0 bridgehead atoms. The van der Waals surface area contributed by atoms with Gasteiger partial charge in [-0.25, -0.2) is 0 Å². The summed E-state index contributed by atoms with van der Waals surface area (Å²) in [5, 5.41) is 3.35. The van der Waals surface area contributed by atoms with Gasteiger partial charge in [-0.15, -0.1) is 0 Å². The van der Waals surface area contributed by atoms with Gasteiger partial charge < -0.3 is 10.2 Å². The molecule has 0 aromatic heterocycles. The lowest BCUT2D eigenvalue weighted by molar-refractivity contribution is 0.402. The average molecular weight is 176 g/mol. The fourth-order valence-corrected chi connectivity index (χ4v) is 1.81. The maximum absolute atomic E-state index is 3.35. The van der Waals surface area contributed by atoms with Crippen molar-refractivity contribution in [3.8, 4) is 0 Å². The van der Waals surface area contributed by atoms with E-state index in [1.807, 2.05) is 0 Å². The Kier molecular flexibility index (Phi) is 2.34. The molecule has 0 atom stereocenters. The van der Waals surface area contributed by atoms with E-state index in [-0.39, 0.29) is 0 Å². The third-order valence-corrected chi connectivity index (χ3v) is 2.40. The van der Waals surface area contributed by atoms with Crippen LogP contribution in [0.15, 0.2) is 18.2 Å². The summed E-state index contributed by atoms with van der Waals surface area (Å²) >= 11 is 0. The van der Waals surface area contributed by atoms with Crippen LogP contribution in [-0.4, -0.2) is 19.0 Å². The van der Waals surface area contributed by atoms with Crippen LogP contribution < -0.4 is 5.32 Å². The van der Waals surface area contributed by atoms with E-state index in [0.717, 1.165) is 19.6 Å². The van der Waals surface area contributed by atoms with Gasteiger partial charge in [0, 0.05) is 19.6 Å². The van der Waals surface area contributed by atoms with Gasteiger partial charge in [-0.2, -0.15) is 0 Å². The standard InChI is InChI=1S/C11H16N2/c1-13(2)8-9-3-4-10-6-12-7-11(10)5-9/h3-5,12H,6-8H2,1-2H3. The summed E-state index contributed by atoms with van der Waals surface area (Å²) in [5.74, 6) is 0. The maximum Gasteiger partial charge on any atom is 0.0227 e. The van der Waals surface area contributed by atoms with Crippen LogP contribution in [0.2, 0.25) is 0 Å². The smallest absolute Gasteiger partial charge is 0.0227 e. The molecule has 0 radical (unpaired) electrons. The zero-order valence-corrected chi connectivity index (χ0v) is 8.30. The average Bonchev–Trinajstić information content (AvgIpc) is 2.49. The number of rotatable bonds is 2. The van der Waals surface area contributed by atoms with Crippen molar-refractivity contribution in [3.05, 3.63) is 34.9 Å². The van der Waals surface area contributed by atoms with Gasteiger partial charge in [0.05, 0.1) is 0 Å². The molecular weight excluding hydrogens is 160 g/mol. The lowest BCUT2D eigenvalue weighted by Crippen LogP contribution is -2.10. The van der Waals surface area contributed by atoms with E-state index in [4.69, 9.17) is 0 Å². The van der Waals surface area contributed by atoms with Gasteiger partial charge in [0.25, 0.3) is 0 Å². The van der Waals surface area contributed by atoms with E-state index < -0.39 is 0 Å². The van der Waals surface area contributed by atoms with Crippen LogP contribution in [0, 0.1) is 0 Å². The molecule has 1 aromatic rings. The van der Waals surface area contributed by atoms with E-state index in [0.29, 0.717) is 0 Å². The summed E-state index contributed by atoms with van der Waals surface area (Å²) in [6.07, 6.45) is 0. The Morgan fingerprint density at radius 3 is 2.77 bits per heavy atom. The number of hydrogen-bond acceptors (Lipinski definition) is 2. The molecule has 70 valence electrons. The van der Waals surface area contributed by atoms with E-state index in [9.17, 15) is 0 Å². The van der Waals surface area contributed by atoms with Crippen LogP contribution in [0.1, 0.15) is 16.7 Å². The Hall–Kier alpha value is -0.860. The highest BCUT2D eigenvalue weighted by Gasteiger charge is 2.09. The first-order valence-electron chi connectivity index (χ1n) is 4.72. The fourth-order valence-electron chi connectivity index (χ4n) is 1.81. The molecule has 2 rings (SSSR count). The molecule has 0 amide bonds. The summed E-state index contributed by atoms with van der Waals surface area (Å²) in [6.45, 7) is 3.11. The quantitative estimate of drug-likeness (QED) is 0.731. The lowest BCUT2D eigenvalue weighted by atomic mass is 10.1. The second-order valence-electron chi connectivity index (χ2n) is 3.94. The van der Waals surface area contributed by atoms with Crippen molar-refractivity contribution in [3.63, 3.8) is 0 Å². The largest absolute Gasteiger partial charge is 0.309 e. The van der Waals surface area contributed by atoms with Crippen LogP contribution in [-0.2, 0) is 19.6 Å². The molecule has 0 saturated carbocycles. The van der Waals surface area contributed by atoms with Crippen molar-refractivity contribution < 1.29 is 0 Å². The first kappa shape index (κ1) is 8.73. The molecule has 2 heteroatoms. The topological polar surface area (TPSA) is 15.3 Å². The van der Waals surface area contributed by atoms with Gasteiger partial charge in [-0.1, -0.05) is 18.2 Å². The van der Waals surface area contributed by atoms with E-state index in [1.54, 1.807) is 0 Å². The molecule has 0 unspecified atom stereocenters. The van der Waals surface area contributed by atoms with Crippen LogP contribution in [0.5, 0.6) is 0 Å². The van der Waals surface area contributed by atoms with E-state index in [1.165, 1.54) is 16.7 Å². The highest BCUT2D eigenvalue weighted by molar-refractivity contribution is 5.34. The summed E-state index contributed by atoms with van der Waals surface area (Å²) < 4.78 is 0. The molecule has 13 heavy (non-hydrogen) atoms. The molecule has 2 nitrogen and oxygen atoms in total. The van der Waals surface area contributed by atoms with Gasteiger partial charge in [-0.05, 0) is 30.8 Å². The number of benzene rings is 1. The number of nitrogens with one attached hydrogen (secondary N) is 1. The number of nitrogens with zero attached hydrogens (tertiary/aromatic N) is 1. The first-order valence-corrected chi connectivity index (χ1v) is 4.72. The van der Waals surface area contributed by atoms with Crippen LogP contribution in [0.4, 0.5) is 0 Å². The monoisotopic (exact) mass is 176 g/mol. The second kappa shape index (κ2) is 3.48. The van der Waals surface area contributed by atoms with Crippen molar-refractivity contribution in [1.29, 1.82) is 0 Å². The van der Waals surface area contributed by atoms with Crippen LogP contribution in [0.25, 0.3) is 0 Å². The number of fused-ring (bicyclic) bond motifs is 1.